The van der Waals surface area contributed by atoms with Crippen molar-refractivity contribution in [3.8, 4) is 0 Å². The summed E-state index contributed by atoms with van der Waals surface area (Å²) in [5, 5.41) is 2.88. The number of rotatable bonds is 0. The molecule has 1 N–H and O–H groups in total. The molecule has 18 heavy (non-hydrogen) atoms. The van der Waals surface area contributed by atoms with Crippen molar-refractivity contribution < 1.29 is 9.18 Å². The van der Waals surface area contributed by atoms with Gasteiger partial charge in [0.05, 0.1) is 16.4 Å². The Hall–Kier alpha value is -1.29. The number of hydrogen-bond donors (Lipinski definition) is 1. The van der Waals surface area contributed by atoms with E-state index in [2.05, 4.69) is 12.2 Å². The Morgan fingerprint density at radius 2 is 2.28 bits per heavy atom. The summed E-state index contributed by atoms with van der Waals surface area (Å²) in [5.74, 6) is -0.244. The first-order valence-electron chi connectivity index (χ1n) is 6.14. The van der Waals surface area contributed by atoms with E-state index in [0.717, 1.165) is 25.1 Å². The highest BCUT2D eigenvalue weighted by atomic mass is 35.5. The van der Waals surface area contributed by atoms with Crippen LogP contribution in [0, 0.1) is 11.7 Å². The molecule has 2 aliphatic heterocycles. The van der Waals surface area contributed by atoms with E-state index in [9.17, 15) is 9.18 Å². The molecule has 5 heteroatoms. The molecule has 1 saturated heterocycles. The first-order chi connectivity index (χ1) is 8.58. The van der Waals surface area contributed by atoms with Crippen molar-refractivity contribution in [2.45, 2.75) is 25.8 Å². The summed E-state index contributed by atoms with van der Waals surface area (Å²) in [6.45, 7) is 2.89. The largest absolute Gasteiger partial charge is 0.358 e. The summed E-state index contributed by atoms with van der Waals surface area (Å²) >= 11 is 5.84. The third-order valence-corrected chi connectivity index (χ3v) is 4.10. The van der Waals surface area contributed by atoms with Crippen LogP contribution in [0.25, 0.3) is 0 Å². The minimum Gasteiger partial charge on any atom is -0.358 e. The molecule has 96 valence electrons. The molecular weight excluding hydrogens is 255 g/mol. The molecule has 2 aliphatic rings. The normalized spacial score (nSPS) is 26.4. The SMILES string of the molecule is CC1CCCN2c3cc(Cl)c(F)cc3NC(=O)C12. The van der Waals surface area contributed by atoms with Crippen LogP contribution in [0.5, 0.6) is 0 Å². The average Bonchev–Trinajstić information content (AvgIpc) is 2.32. The maximum Gasteiger partial charge on any atom is 0.247 e. The van der Waals surface area contributed by atoms with Gasteiger partial charge in [-0.25, -0.2) is 4.39 Å². The quantitative estimate of drug-likeness (QED) is 0.784. The van der Waals surface area contributed by atoms with E-state index in [-0.39, 0.29) is 17.0 Å². The predicted octanol–water partition coefficient (Wildman–Crippen LogP) is 3.04. The second kappa shape index (κ2) is 4.12. The van der Waals surface area contributed by atoms with Crippen LogP contribution in [0.2, 0.25) is 5.02 Å². The molecule has 2 unspecified atom stereocenters. The second-order valence-corrected chi connectivity index (χ2v) is 5.44. The molecule has 1 amide bonds. The van der Waals surface area contributed by atoms with Gasteiger partial charge in [0.1, 0.15) is 11.9 Å². The first-order valence-corrected chi connectivity index (χ1v) is 6.52. The van der Waals surface area contributed by atoms with Crippen molar-refractivity contribution in [1.82, 2.24) is 0 Å². The molecule has 0 saturated carbocycles. The number of anilines is 2. The van der Waals surface area contributed by atoms with Crippen molar-refractivity contribution in [1.29, 1.82) is 0 Å². The van der Waals surface area contributed by atoms with E-state index in [4.69, 9.17) is 11.6 Å². The molecule has 3 nitrogen and oxygen atoms in total. The van der Waals surface area contributed by atoms with E-state index in [0.29, 0.717) is 11.6 Å². The zero-order valence-corrected chi connectivity index (χ0v) is 10.8. The van der Waals surface area contributed by atoms with E-state index in [1.54, 1.807) is 6.07 Å². The number of halogens is 2. The maximum atomic E-state index is 13.4. The zero-order chi connectivity index (χ0) is 12.9. The van der Waals surface area contributed by atoms with Gasteiger partial charge in [0.2, 0.25) is 5.91 Å². The van der Waals surface area contributed by atoms with Crippen molar-refractivity contribution in [2.24, 2.45) is 5.92 Å². The Morgan fingerprint density at radius 3 is 3.06 bits per heavy atom. The number of fused-ring (bicyclic) bond motifs is 3. The van der Waals surface area contributed by atoms with Gasteiger partial charge in [-0.3, -0.25) is 4.79 Å². The van der Waals surface area contributed by atoms with Crippen molar-refractivity contribution in [3.63, 3.8) is 0 Å². The molecule has 2 heterocycles. The van der Waals surface area contributed by atoms with E-state index in [1.165, 1.54) is 6.07 Å². The summed E-state index contributed by atoms with van der Waals surface area (Å²) < 4.78 is 13.4. The third kappa shape index (κ3) is 1.67. The molecule has 0 bridgehead atoms. The minimum atomic E-state index is -0.501. The van der Waals surface area contributed by atoms with Crippen LogP contribution in [0.1, 0.15) is 19.8 Å². The predicted molar refractivity (Wildman–Crippen MR) is 69.6 cm³/mol. The molecule has 0 aromatic heterocycles. The molecule has 1 aromatic carbocycles. The average molecular weight is 269 g/mol. The highest BCUT2D eigenvalue weighted by molar-refractivity contribution is 6.31. The number of nitrogens with one attached hydrogen (secondary N) is 1. The monoisotopic (exact) mass is 268 g/mol. The number of nitrogens with zero attached hydrogens (tertiary/aromatic N) is 1. The van der Waals surface area contributed by atoms with Gasteiger partial charge < -0.3 is 10.2 Å². The van der Waals surface area contributed by atoms with Gasteiger partial charge in [0.15, 0.2) is 0 Å². The molecule has 0 spiro atoms. The Labute approximate surface area is 110 Å². The molecule has 1 fully saturated rings. The van der Waals surface area contributed by atoms with Crippen molar-refractivity contribution >= 4 is 28.9 Å². The van der Waals surface area contributed by atoms with Crippen LogP contribution >= 0.6 is 11.6 Å². The standard InChI is InChI=1S/C13H14ClFN2O/c1-7-3-2-4-17-11-5-8(14)9(15)6-10(11)16-13(18)12(7)17/h5-7,12H,2-4H2,1H3,(H,16,18). The van der Waals surface area contributed by atoms with Crippen molar-refractivity contribution in [3.05, 3.63) is 23.0 Å². The maximum absolute atomic E-state index is 13.4. The van der Waals surface area contributed by atoms with E-state index < -0.39 is 5.82 Å². The summed E-state index contributed by atoms with van der Waals surface area (Å²) in [5.41, 5.74) is 1.35. The van der Waals surface area contributed by atoms with Crippen LogP contribution in [0.15, 0.2) is 12.1 Å². The summed E-state index contributed by atoms with van der Waals surface area (Å²) in [6.07, 6.45) is 2.08. The van der Waals surface area contributed by atoms with E-state index >= 15 is 0 Å². The lowest BCUT2D eigenvalue weighted by atomic mass is 9.88. The van der Waals surface area contributed by atoms with Crippen LogP contribution in [0.3, 0.4) is 0 Å². The van der Waals surface area contributed by atoms with Gasteiger partial charge in [-0.05, 0) is 24.8 Å². The Kier molecular flexibility index (Phi) is 2.70. The fourth-order valence-corrected chi connectivity index (χ4v) is 3.10. The van der Waals surface area contributed by atoms with Gasteiger partial charge in [0, 0.05) is 12.6 Å². The highest BCUT2D eigenvalue weighted by Gasteiger charge is 2.39. The Morgan fingerprint density at radius 1 is 1.50 bits per heavy atom. The smallest absolute Gasteiger partial charge is 0.247 e. The fraction of sp³-hybridized carbons (Fsp3) is 0.462. The summed E-state index contributed by atoms with van der Waals surface area (Å²) in [7, 11) is 0. The van der Waals surface area contributed by atoms with Gasteiger partial charge in [-0.2, -0.15) is 0 Å². The van der Waals surface area contributed by atoms with Crippen molar-refractivity contribution in [2.75, 3.05) is 16.8 Å². The number of benzene rings is 1. The first kappa shape index (κ1) is 11.8. The van der Waals surface area contributed by atoms with Crippen LogP contribution in [-0.2, 0) is 4.79 Å². The summed E-state index contributed by atoms with van der Waals surface area (Å²) in [4.78, 5) is 14.1. The number of hydrogen-bond acceptors (Lipinski definition) is 2. The van der Waals surface area contributed by atoms with Gasteiger partial charge in [0.25, 0.3) is 0 Å². The Bertz CT molecular complexity index is 520. The lowest BCUT2D eigenvalue weighted by Gasteiger charge is -2.44. The molecule has 0 aliphatic carbocycles. The lowest BCUT2D eigenvalue weighted by molar-refractivity contribution is -0.119. The topological polar surface area (TPSA) is 32.3 Å². The number of piperidine rings is 1. The summed E-state index contributed by atoms with van der Waals surface area (Å²) in [6, 6.07) is 2.75. The Balaban J connectivity index is 2.10. The number of carbonyl (C=O) groups is 1. The van der Waals surface area contributed by atoms with E-state index in [1.807, 2.05) is 4.90 Å². The number of amides is 1. The van der Waals surface area contributed by atoms with Crippen LogP contribution in [-0.4, -0.2) is 18.5 Å². The molecule has 3 rings (SSSR count). The lowest BCUT2D eigenvalue weighted by Crippen LogP contribution is -2.54. The third-order valence-electron chi connectivity index (χ3n) is 3.81. The second-order valence-electron chi connectivity index (χ2n) is 5.03. The zero-order valence-electron chi connectivity index (χ0n) is 10.0. The van der Waals surface area contributed by atoms with Gasteiger partial charge in [-0.1, -0.05) is 18.5 Å². The highest BCUT2D eigenvalue weighted by Crippen LogP contribution is 2.40. The van der Waals surface area contributed by atoms with Crippen LogP contribution < -0.4 is 10.2 Å². The van der Waals surface area contributed by atoms with Gasteiger partial charge in [-0.15, -0.1) is 0 Å². The molecule has 2 atom stereocenters. The fourth-order valence-electron chi connectivity index (χ4n) is 2.94. The molecule has 1 aromatic rings. The van der Waals surface area contributed by atoms with Crippen LogP contribution in [0.4, 0.5) is 15.8 Å². The molecule has 0 radical (unpaired) electrons. The molecular formula is C13H14ClFN2O. The minimum absolute atomic E-state index is 0.0450. The number of carbonyl (C=O) groups excluding carboxylic acids is 1. The van der Waals surface area contributed by atoms with Gasteiger partial charge >= 0.3 is 0 Å².